The Morgan fingerprint density at radius 2 is 1.97 bits per heavy atom. The molecule has 0 radical (unpaired) electrons. The number of carbonyl (C=O) groups is 1. The number of hydrogen-bond acceptors (Lipinski definition) is 5. The van der Waals surface area contributed by atoms with Crippen LogP contribution in [0.2, 0.25) is 0 Å². The van der Waals surface area contributed by atoms with Crippen LogP contribution in [0, 0.1) is 11.6 Å². The van der Waals surface area contributed by atoms with Crippen molar-refractivity contribution in [2.75, 3.05) is 17.2 Å². The lowest BCUT2D eigenvalue weighted by Crippen LogP contribution is -2.31. The van der Waals surface area contributed by atoms with Crippen molar-refractivity contribution in [1.82, 2.24) is 9.97 Å². The van der Waals surface area contributed by atoms with Gasteiger partial charge >= 0.3 is 0 Å². The second-order valence-corrected chi connectivity index (χ2v) is 7.47. The molecule has 30 heavy (non-hydrogen) atoms. The van der Waals surface area contributed by atoms with Crippen LogP contribution in [0.15, 0.2) is 67.5 Å². The maximum Gasteiger partial charge on any atom is 0.270 e. The molecule has 3 heterocycles. The number of benzene rings is 1. The summed E-state index contributed by atoms with van der Waals surface area (Å²) in [5.74, 6) is -2.04. The van der Waals surface area contributed by atoms with Gasteiger partial charge in [-0.2, -0.15) is 0 Å². The third kappa shape index (κ3) is 3.65. The predicted octanol–water partition coefficient (Wildman–Crippen LogP) is 5.05. The number of anilines is 2. The molecular formula is C22H16F2N4OS. The Hall–Kier alpha value is -3.65. The summed E-state index contributed by atoms with van der Waals surface area (Å²) < 4.78 is 27.4. The van der Waals surface area contributed by atoms with E-state index >= 15 is 0 Å². The van der Waals surface area contributed by atoms with Gasteiger partial charge in [0, 0.05) is 36.0 Å². The highest BCUT2D eigenvalue weighted by molar-refractivity contribution is 7.21. The normalized spacial score (nSPS) is 10.9. The van der Waals surface area contributed by atoms with E-state index in [9.17, 15) is 13.6 Å². The quantitative estimate of drug-likeness (QED) is 0.457. The lowest BCUT2D eigenvalue weighted by molar-refractivity contribution is 0.0994. The Balaban J connectivity index is 1.77. The number of carbonyl (C=O) groups excluding carboxylic acids is 1. The first kappa shape index (κ1) is 19.7. The number of fused-ring (bicyclic) bond motifs is 1. The molecule has 0 aliphatic rings. The Morgan fingerprint density at radius 1 is 1.20 bits per heavy atom. The molecule has 0 fully saturated rings. The Labute approximate surface area is 175 Å². The van der Waals surface area contributed by atoms with E-state index in [0.29, 0.717) is 15.9 Å². The Kier molecular flexibility index (Phi) is 5.24. The molecule has 1 aromatic carbocycles. The van der Waals surface area contributed by atoms with Crippen LogP contribution in [0.3, 0.4) is 0 Å². The van der Waals surface area contributed by atoms with Gasteiger partial charge in [0.15, 0.2) is 0 Å². The summed E-state index contributed by atoms with van der Waals surface area (Å²) in [6.07, 6.45) is 4.84. The van der Waals surface area contributed by atoms with Gasteiger partial charge < -0.3 is 10.6 Å². The number of amides is 1. The maximum absolute atomic E-state index is 13.7. The monoisotopic (exact) mass is 422 g/mol. The molecule has 2 N–H and O–H groups in total. The van der Waals surface area contributed by atoms with Crippen LogP contribution in [-0.4, -0.2) is 22.4 Å². The third-order valence-corrected chi connectivity index (χ3v) is 5.56. The fourth-order valence-corrected chi connectivity index (χ4v) is 4.13. The van der Waals surface area contributed by atoms with E-state index in [1.54, 1.807) is 24.5 Å². The standard InChI is InChI=1S/C22H16F2N4OS/c1-2-8-28(16-10-14(23)9-15(24)11-16)22(29)20-19(25)17-5-6-18(27-21(17)30-20)13-4-3-7-26-12-13/h2-7,9-12H,1,8,25H2. The molecule has 4 rings (SSSR count). The highest BCUT2D eigenvalue weighted by Gasteiger charge is 2.24. The van der Waals surface area contributed by atoms with E-state index in [0.717, 1.165) is 35.1 Å². The average Bonchev–Trinajstić information content (AvgIpc) is 3.07. The van der Waals surface area contributed by atoms with Gasteiger partial charge in [-0.3, -0.25) is 9.78 Å². The first-order valence-corrected chi connectivity index (χ1v) is 9.78. The molecule has 0 aliphatic carbocycles. The van der Waals surface area contributed by atoms with Gasteiger partial charge in [-0.05, 0) is 36.4 Å². The summed E-state index contributed by atoms with van der Waals surface area (Å²) in [5.41, 5.74) is 8.13. The molecule has 0 atom stereocenters. The Bertz CT molecular complexity index is 1240. The summed E-state index contributed by atoms with van der Waals surface area (Å²) in [7, 11) is 0. The highest BCUT2D eigenvalue weighted by atomic mass is 32.1. The summed E-state index contributed by atoms with van der Waals surface area (Å²) in [5, 5.41) is 0.639. The number of nitrogen functional groups attached to an aromatic ring is 1. The second-order valence-electron chi connectivity index (χ2n) is 6.47. The zero-order valence-electron chi connectivity index (χ0n) is 15.7. The molecule has 0 unspecified atom stereocenters. The van der Waals surface area contributed by atoms with E-state index < -0.39 is 17.5 Å². The third-order valence-electron chi connectivity index (χ3n) is 4.46. The molecule has 0 bridgehead atoms. The van der Waals surface area contributed by atoms with Gasteiger partial charge in [0.2, 0.25) is 0 Å². The van der Waals surface area contributed by atoms with Crippen molar-refractivity contribution in [3.05, 3.63) is 84.0 Å². The average molecular weight is 422 g/mol. The minimum absolute atomic E-state index is 0.0593. The van der Waals surface area contributed by atoms with Crippen LogP contribution in [0.1, 0.15) is 9.67 Å². The van der Waals surface area contributed by atoms with Crippen molar-refractivity contribution in [1.29, 1.82) is 0 Å². The Morgan fingerprint density at radius 3 is 2.63 bits per heavy atom. The lowest BCUT2D eigenvalue weighted by atomic mass is 10.1. The van der Waals surface area contributed by atoms with Crippen molar-refractivity contribution in [2.24, 2.45) is 0 Å². The van der Waals surface area contributed by atoms with Crippen LogP contribution >= 0.6 is 11.3 Å². The van der Waals surface area contributed by atoms with E-state index in [4.69, 9.17) is 5.73 Å². The minimum atomic E-state index is -0.779. The second kappa shape index (κ2) is 8.00. The zero-order valence-corrected chi connectivity index (χ0v) is 16.5. The molecular weight excluding hydrogens is 406 g/mol. The van der Waals surface area contributed by atoms with Crippen LogP contribution in [0.25, 0.3) is 21.5 Å². The van der Waals surface area contributed by atoms with Gasteiger partial charge in [0.25, 0.3) is 5.91 Å². The van der Waals surface area contributed by atoms with Crippen molar-refractivity contribution in [3.63, 3.8) is 0 Å². The van der Waals surface area contributed by atoms with E-state index in [1.165, 1.54) is 11.0 Å². The number of nitrogens with two attached hydrogens (primary N) is 1. The smallest absolute Gasteiger partial charge is 0.270 e. The van der Waals surface area contributed by atoms with Gasteiger partial charge in [-0.1, -0.05) is 6.08 Å². The summed E-state index contributed by atoms with van der Waals surface area (Å²) in [6.45, 7) is 3.69. The van der Waals surface area contributed by atoms with Crippen LogP contribution in [0.5, 0.6) is 0 Å². The van der Waals surface area contributed by atoms with Crippen molar-refractivity contribution in [2.45, 2.75) is 0 Å². The number of aromatic nitrogens is 2. The molecule has 0 spiro atoms. The molecule has 150 valence electrons. The number of pyridine rings is 2. The molecule has 8 heteroatoms. The van der Waals surface area contributed by atoms with Crippen LogP contribution in [0.4, 0.5) is 20.2 Å². The van der Waals surface area contributed by atoms with Crippen molar-refractivity contribution < 1.29 is 13.6 Å². The van der Waals surface area contributed by atoms with Gasteiger partial charge in [0.1, 0.15) is 21.3 Å². The summed E-state index contributed by atoms with van der Waals surface area (Å²) >= 11 is 1.13. The lowest BCUT2D eigenvalue weighted by Gasteiger charge is -2.21. The molecule has 4 aromatic rings. The first-order chi connectivity index (χ1) is 14.5. The number of halogens is 2. The van der Waals surface area contributed by atoms with E-state index in [2.05, 4.69) is 16.5 Å². The van der Waals surface area contributed by atoms with Gasteiger partial charge in [0.05, 0.1) is 17.1 Å². The largest absolute Gasteiger partial charge is 0.397 e. The zero-order chi connectivity index (χ0) is 21.3. The summed E-state index contributed by atoms with van der Waals surface area (Å²) in [6, 6.07) is 10.2. The minimum Gasteiger partial charge on any atom is -0.397 e. The van der Waals surface area contributed by atoms with Crippen molar-refractivity contribution in [3.8, 4) is 11.3 Å². The predicted molar refractivity (Wildman–Crippen MR) is 115 cm³/mol. The van der Waals surface area contributed by atoms with Crippen LogP contribution < -0.4 is 10.6 Å². The first-order valence-electron chi connectivity index (χ1n) is 8.96. The number of rotatable bonds is 5. The van der Waals surface area contributed by atoms with Gasteiger partial charge in [-0.25, -0.2) is 13.8 Å². The van der Waals surface area contributed by atoms with E-state index in [1.807, 2.05) is 12.1 Å². The highest BCUT2D eigenvalue weighted by Crippen LogP contribution is 2.35. The molecule has 3 aromatic heterocycles. The fraction of sp³-hybridized carbons (Fsp3) is 0.0455. The number of hydrogen-bond donors (Lipinski definition) is 1. The van der Waals surface area contributed by atoms with Gasteiger partial charge in [-0.15, -0.1) is 17.9 Å². The molecule has 0 saturated carbocycles. The fourth-order valence-electron chi connectivity index (χ4n) is 3.08. The topological polar surface area (TPSA) is 72.1 Å². The maximum atomic E-state index is 13.7. The molecule has 0 aliphatic heterocycles. The van der Waals surface area contributed by atoms with Crippen LogP contribution in [-0.2, 0) is 0 Å². The molecule has 5 nitrogen and oxygen atoms in total. The van der Waals surface area contributed by atoms with Crippen molar-refractivity contribution >= 4 is 38.8 Å². The SMILES string of the molecule is C=CCN(C(=O)c1sc2nc(-c3cccnc3)ccc2c1N)c1cc(F)cc(F)c1. The number of nitrogens with zero attached hydrogens (tertiary/aromatic N) is 3. The number of thiophene rings is 1. The molecule has 1 amide bonds. The van der Waals surface area contributed by atoms with E-state index in [-0.39, 0.29) is 22.8 Å². The summed E-state index contributed by atoms with van der Waals surface area (Å²) in [4.78, 5) is 24.0. The molecule has 0 saturated heterocycles.